The Morgan fingerprint density at radius 2 is 1.87 bits per heavy atom. The Kier molecular flexibility index (Phi) is 3.85. The van der Waals surface area contributed by atoms with Gasteiger partial charge in [0.15, 0.2) is 0 Å². The summed E-state index contributed by atoms with van der Waals surface area (Å²) in [5.74, 6) is -0.276. The van der Waals surface area contributed by atoms with E-state index in [1.807, 2.05) is 18.2 Å². The van der Waals surface area contributed by atoms with Crippen LogP contribution in [0.3, 0.4) is 0 Å². The lowest BCUT2D eigenvalue weighted by atomic mass is 10.1. The number of anilines is 1. The van der Waals surface area contributed by atoms with E-state index < -0.39 is 6.09 Å². The first-order valence-corrected chi connectivity index (χ1v) is 7.29. The highest BCUT2D eigenvalue weighted by atomic mass is 16.5. The molecule has 23 heavy (non-hydrogen) atoms. The summed E-state index contributed by atoms with van der Waals surface area (Å²) in [5.41, 5.74) is 7.57. The van der Waals surface area contributed by atoms with Crippen molar-refractivity contribution in [3.05, 3.63) is 65.9 Å². The van der Waals surface area contributed by atoms with Crippen LogP contribution in [0.25, 0.3) is 10.9 Å². The number of hydrogen-bond donors (Lipinski definition) is 1. The minimum absolute atomic E-state index is 0.233. The van der Waals surface area contributed by atoms with Crippen molar-refractivity contribution < 1.29 is 14.3 Å². The highest BCUT2D eigenvalue weighted by Crippen LogP contribution is 2.23. The van der Waals surface area contributed by atoms with Gasteiger partial charge in [0.1, 0.15) is 5.69 Å². The van der Waals surface area contributed by atoms with Gasteiger partial charge in [-0.05, 0) is 31.2 Å². The van der Waals surface area contributed by atoms with Gasteiger partial charge in [0.2, 0.25) is 5.78 Å². The third kappa shape index (κ3) is 2.68. The number of nitrogens with two attached hydrogens (primary N) is 1. The van der Waals surface area contributed by atoms with Crippen molar-refractivity contribution in [3.8, 4) is 0 Å². The minimum atomic E-state index is -0.569. The molecule has 2 aromatic carbocycles. The highest BCUT2D eigenvalue weighted by molar-refractivity contribution is 6.13. The highest BCUT2D eigenvalue weighted by Gasteiger charge is 2.22. The topological polar surface area (TPSA) is 74.3 Å². The average molecular weight is 308 g/mol. The van der Waals surface area contributed by atoms with Crippen molar-refractivity contribution in [2.45, 2.75) is 6.92 Å². The number of rotatable bonds is 3. The molecule has 5 nitrogen and oxygen atoms in total. The molecule has 0 spiro atoms. The van der Waals surface area contributed by atoms with Crippen molar-refractivity contribution in [2.75, 3.05) is 12.3 Å². The van der Waals surface area contributed by atoms with E-state index >= 15 is 0 Å². The standard InChI is InChI=1S/C18H16N2O3/c1-2-23-18(22)20-15-9-4-3-6-12(15)11-16(20)17(21)13-7-5-8-14(19)10-13/h3-11H,2,19H2,1H3. The van der Waals surface area contributed by atoms with Gasteiger partial charge in [0, 0.05) is 16.6 Å². The average Bonchev–Trinajstić information content (AvgIpc) is 2.94. The van der Waals surface area contributed by atoms with Gasteiger partial charge in [-0.3, -0.25) is 4.79 Å². The fraction of sp³-hybridized carbons (Fsp3) is 0.111. The Hall–Kier alpha value is -3.08. The largest absolute Gasteiger partial charge is 0.449 e. The molecule has 0 aliphatic rings. The molecular formula is C18H16N2O3. The van der Waals surface area contributed by atoms with Crippen molar-refractivity contribution in [2.24, 2.45) is 0 Å². The summed E-state index contributed by atoms with van der Waals surface area (Å²) in [5, 5.41) is 0.799. The molecule has 0 saturated heterocycles. The summed E-state index contributed by atoms with van der Waals surface area (Å²) in [7, 11) is 0. The fourth-order valence-electron chi connectivity index (χ4n) is 2.53. The number of carbonyl (C=O) groups is 2. The van der Waals surface area contributed by atoms with Crippen LogP contribution >= 0.6 is 0 Å². The van der Waals surface area contributed by atoms with E-state index in [1.54, 1.807) is 43.3 Å². The Bertz CT molecular complexity index is 896. The molecule has 2 N–H and O–H groups in total. The molecule has 0 aliphatic carbocycles. The van der Waals surface area contributed by atoms with Crippen molar-refractivity contribution >= 4 is 28.5 Å². The summed E-state index contributed by atoms with van der Waals surface area (Å²) in [6.45, 7) is 1.96. The molecule has 1 heterocycles. The number of hydrogen-bond acceptors (Lipinski definition) is 4. The quantitative estimate of drug-likeness (QED) is 0.594. The smallest absolute Gasteiger partial charge is 0.419 e. The van der Waals surface area contributed by atoms with E-state index in [9.17, 15) is 9.59 Å². The van der Waals surface area contributed by atoms with Gasteiger partial charge in [-0.25, -0.2) is 9.36 Å². The Morgan fingerprint density at radius 1 is 1.09 bits per heavy atom. The summed E-state index contributed by atoms with van der Waals surface area (Å²) in [4.78, 5) is 25.1. The summed E-state index contributed by atoms with van der Waals surface area (Å²) in [6.07, 6.45) is -0.569. The zero-order chi connectivity index (χ0) is 16.4. The van der Waals surface area contributed by atoms with E-state index in [4.69, 9.17) is 10.5 Å². The number of para-hydroxylation sites is 1. The summed E-state index contributed by atoms with van der Waals surface area (Å²) in [6, 6.07) is 15.7. The number of nitrogen functional groups attached to an aromatic ring is 1. The van der Waals surface area contributed by atoms with Gasteiger partial charge in [0.25, 0.3) is 0 Å². The molecule has 1 aromatic heterocycles. The zero-order valence-corrected chi connectivity index (χ0v) is 12.7. The second kappa shape index (κ2) is 5.96. The van der Waals surface area contributed by atoms with E-state index in [1.165, 1.54) is 4.57 Å². The van der Waals surface area contributed by atoms with Crippen molar-refractivity contribution in [3.63, 3.8) is 0 Å². The first kappa shape index (κ1) is 14.8. The van der Waals surface area contributed by atoms with Crippen LogP contribution < -0.4 is 5.73 Å². The number of fused-ring (bicyclic) bond motifs is 1. The molecule has 0 unspecified atom stereocenters. The van der Waals surface area contributed by atoms with Gasteiger partial charge in [-0.15, -0.1) is 0 Å². The van der Waals surface area contributed by atoms with Crippen LogP contribution in [0.5, 0.6) is 0 Å². The number of nitrogens with zero attached hydrogens (tertiary/aromatic N) is 1. The fourth-order valence-corrected chi connectivity index (χ4v) is 2.53. The predicted octanol–water partition coefficient (Wildman–Crippen LogP) is 3.46. The molecule has 0 fully saturated rings. The Morgan fingerprint density at radius 3 is 2.61 bits per heavy atom. The van der Waals surface area contributed by atoms with Gasteiger partial charge in [-0.1, -0.05) is 30.3 Å². The van der Waals surface area contributed by atoms with Crippen LogP contribution in [0, 0.1) is 0 Å². The molecule has 0 bridgehead atoms. The molecule has 3 rings (SSSR count). The molecule has 3 aromatic rings. The Labute approximate surface area is 133 Å². The first-order valence-electron chi connectivity index (χ1n) is 7.29. The lowest BCUT2D eigenvalue weighted by Gasteiger charge is -2.09. The van der Waals surface area contributed by atoms with Gasteiger partial charge >= 0.3 is 6.09 Å². The van der Waals surface area contributed by atoms with E-state index in [-0.39, 0.29) is 18.1 Å². The van der Waals surface area contributed by atoms with Gasteiger partial charge in [-0.2, -0.15) is 0 Å². The number of ether oxygens (including phenoxy) is 1. The van der Waals surface area contributed by atoms with Gasteiger partial charge < -0.3 is 10.5 Å². The van der Waals surface area contributed by atoms with E-state index in [0.717, 1.165) is 5.39 Å². The van der Waals surface area contributed by atoms with Gasteiger partial charge in [0.05, 0.1) is 12.1 Å². The second-order valence-electron chi connectivity index (χ2n) is 5.08. The summed E-state index contributed by atoms with van der Waals surface area (Å²) >= 11 is 0. The van der Waals surface area contributed by atoms with Crippen LogP contribution in [0.2, 0.25) is 0 Å². The van der Waals surface area contributed by atoms with E-state index in [2.05, 4.69) is 0 Å². The maximum atomic E-state index is 12.8. The lowest BCUT2D eigenvalue weighted by molar-refractivity contribution is 0.102. The molecule has 0 radical (unpaired) electrons. The molecule has 0 atom stereocenters. The molecule has 5 heteroatoms. The van der Waals surface area contributed by atoms with Crippen LogP contribution in [0.4, 0.5) is 10.5 Å². The van der Waals surface area contributed by atoms with Crippen LogP contribution in [-0.4, -0.2) is 23.1 Å². The molecule has 0 aliphatic heterocycles. The number of ketones is 1. The number of aromatic nitrogens is 1. The lowest BCUT2D eigenvalue weighted by Crippen LogP contribution is -2.19. The predicted molar refractivity (Wildman–Crippen MR) is 88.6 cm³/mol. The number of carbonyl (C=O) groups excluding carboxylic acids is 2. The van der Waals surface area contributed by atoms with Crippen LogP contribution in [-0.2, 0) is 4.74 Å². The maximum Gasteiger partial charge on any atom is 0.419 e. The normalized spacial score (nSPS) is 10.7. The molecule has 0 amide bonds. The van der Waals surface area contributed by atoms with Crippen LogP contribution in [0.1, 0.15) is 23.0 Å². The van der Waals surface area contributed by atoms with Crippen LogP contribution in [0.15, 0.2) is 54.6 Å². The Balaban J connectivity index is 2.18. The first-order chi connectivity index (χ1) is 11.1. The molecule has 0 saturated carbocycles. The van der Waals surface area contributed by atoms with E-state index in [0.29, 0.717) is 16.8 Å². The molecular weight excluding hydrogens is 292 g/mol. The third-order valence-corrected chi connectivity index (χ3v) is 3.54. The molecule has 116 valence electrons. The van der Waals surface area contributed by atoms with Crippen molar-refractivity contribution in [1.29, 1.82) is 0 Å². The monoisotopic (exact) mass is 308 g/mol. The third-order valence-electron chi connectivity index (χ3n) is 3.54. The zero-order valence-electron chi connectivity index (χ0n) is 12.7. The SMILES string of the molecule is CCOC(=O)n1c(C(=O)c2cccc(N)c2)cc2ccccc21. The van der Waals surface area contributed by atoms with Crippen molar-refractivity contribution in [1.82, 2.24) is 4.57 Å². The maximum absolute atomic E-state index is 12.8. The minimum Gasteiger partial charge on any atom is -0.449 e. The number of benzene rings is 2. The second-order valence-corrected chi connectivity index (χ2v) is 5.08. The summed E-state index contributed by atoms with van der Waals surface area (Å²) < 4.78 is 6.40.